The number of alkyl halides is 3. The van der Waals surface area contributed by atoms with E-state index in [9.17, 15) is 22.8 Å². The summed E-state index contributed by atoms with van der Waals surface area (Å²) in [7, 11) is 0. The number of nitrogens with one attached hydrogen (secondary N) is 1. The molecule has 4 nitrogen and oxygen atoms in total. The average Bonchev–Trinajstić information content (AvgIpc) is 2.21. The predicted octanol–water partition coefficient (Wildman–Crippen LogP) is 2.11. The zero-order valence-electron chi connectivity index (χ0n) is 10.2. The number of hydrogen-bond acceptors (Lipinski definition) is 2. The molecule has 19 heavy (non-hydrogen) atoms. The van der Waals surface area contributed by atoms with E-state index < -0.39 is 24.1 Å². The molecule has 1 aromatic carbocycles. The standard InChI is InChI=1S/C12H12F3NO3/c1-6-3-7(2)5-8(4-6)9(10(17)18)16-11(19)12(13,14)15/h3-5,9H,1-2H3,(H,16,19)(H,17,18). The SMILES string of the molecule is Cc1cc(C)cc(C(NC(=O)C(F)(F)F)C(=O)O)c1. The Morgan fingerprint density at radius 2 is 1.63 bits per heavy atom. The maximum atomic E-state index is 12.1. The molecule has 0 saturated carbocycles. The van der Waals surface area contributed by atoms with Crippen molar-refractivity contribution in [2.24, 2.45) is 0 Å². The number of benzene rings is 1. The summed E-state index contributed by atoms with van der Waals surface area (Å²) in [6, 6.07) is 2.85. The zero-order valence-corrected chi connectivity index (χ0v) is 10.2. The number of aliphatic carboxylic acids is 1. The van der Waals surface area contributed by atoms with Gasteiger partial charge in [-0.1, -0.05) is 29.3 Å². The molecular formula is C12H12F3NO3. The molecule has 1 amide bonds. The molecule has 0 aliphatic heterocycles. The molecule has 0 aliphatic carbocycles. The molecule has 0 aliphatic rings. The normalized spacial score (nSPS) is 12.9. The van der Waals surface area contributed by atoms with Gasteiger partial charge in [-0.2, -0.15) is 13.2 Å². The Bertz CT molecular complexity index is 491. The summed E-state index contributed by atoms with van der Waals surface area (Å²) in [5.41, 5.74) is 1.49. The maximum absolute atomic E-state index is 12.1. The Hall–Kier alpha value is -2.05. The van der Waals surface area contributed by atoms with Gasteiger partial charge in [0, 0.05) is 0 Å². The van der Waals surface area contributed by atoms with Crippen molar-refractivity contribution >= 4 is 11.9 Å². The first-order valence-electron chi connectivity index (χ1n) is 5.30. The molecule has 1 rings (SSSR count). The Labute approximate surface area is 107 Å². The highest BCUT2D eigenvalue weighted by atomic mass is 19.4. The topological polar surface area (TPSA) is 66.4 Å². The van der Waals surface area contributed by atoms with Crippen LogP contribution in [-0.4, -0.2) is 23.2 Å². The van der Waals surface area contributed by atoms with E-state index in [1.807, 2.05) is 0 Å². The molecule has 0 spiro atoms. The summed E-state index contributed by atoms with van der Waals surface area (Å²) in [5.74, 6) is -3.83. The molecule has 1 unspecified atom stereocenters. The van der Waals surface area contributed by atoms with E-state index in [-0.39, 0.29) is 5.56 Å². The van der Waals surface area contributed by atoms with Gasteiger partial charge >= 0.3 is 18.1 Å². The van der Waals surface area contributed by atoms with E-state index in [2.05, 4.69) is 0 Å². The fraction of sp³-hybridized carbons (Fsp3) is 0.333. The van der Waals surface area contributed by atoms with Crippen molar-refractivity contribution in [3.63, 3.8) is 0 Å². The lowest BCUT2D eigenvalue weighted by Gasteiger charge is -2.17. The van der Waals surface area contributed by atoms with Crippen molar-refractivity contribution in [3.8, 4) is 0 Å². The number of amides is 1. The number of rotatable bonds is 3. The number of aryl methyl sites for hydroxylation is 2. The van der Waals surface area contributed by atoms with Gasteiger partial charge in [0.15, 0.2) is 6.04 Å². The first kappa shape index (κ1) is 15.0. The monoisotopic (exact) mass is 275 g/mol. The molecule has 104 valence electrons. The maximum Gasteiger partial charge on any atom is 0.471 e. The number of halogens is 3. The van der Waals surface area contributed by atoms with Gasteiger partial charge in [-0.05, 0) is 19.4 Å². The van der Waals surface area contributed by atoms with Crippen LogP contribution >= 0.6 is 0 Å². The number of carbonyl (C=O) groups is 2. The summed E-state index contributed by atoms with van der Waals surface area (Å²) >= 11 is 0. The lowest BCUT2D eigenvalue weighted by atomic mass is 10.0. The second-order valence-corrected chi connectivity index (χ2v) is 4.16. The van der Waals surface area contributed by atoms with E-state index in [0.717, 1.165) is 0 Å². The quantitative estimate of drug-likeness (QED) is 0.887. The van der Waals surface area contributed by atoms with Crippen LogP contribution < -0.4 is 5.32 Å². The molecule has 0 saturated heterocycles. The van der Waals surface area contributed by atoms with Crippen molar-refractivity contribution in [2.75, 3.05) is 0 Å². The molecule has 0 aromatic heterocycles. The second kappa shape index (κ2) is 5.29. The van der Waals surface area contributed by atoms with Crippen molar-refractivity contribution in [1.82, 2.24) is 5.32 Å². The summed E-state index contributed by atoms with van der Waals surface area (Å²) in [6.07, 6.45) is -5.12. The minimum atomic E-state index is -5.12. The first-order chi connectivity index (χ1) is 8.61. The van der Waals surface area contributed by atoms with E-state index in [4.69, 9.17) is 5.11 Å². The van der Waals surface area contributed by atoms with Crippen molar-refractivity contribution in [2.45, 2.75) is 26.1 Å². The Morgan fingerprint density at radius 1 is 1.16 bits per heavy atom. The smallest absolute Gasteiger partial charge is 0.471 e. The molecule has 7 heteroatoms. The van der Waals surface area contributed by atoms with Crippen LogP contribution in [0.2, 0.25) is 0 Å². The van der Waals surface area contributed by atoms with Gasteiger partial charge in [-0.3, -0.25) is 4.79 Å². The van der Waals surface area contributed by atoms with Crippen LogP contribution in [0.3, 0.4) is 0 Å². The van der Waals surface area contributed by atoms with Crippen molar-refractivity contribution < 1.29 is 27.9 Å². The molecule has 2 N–H and O–H groups in total. The van der Waals surface area contributed by atoms with E-state index >= 15 is 0 Å². The van der Waals surface area contributed by atoms with E-state index in [0.29, 0.717) is 11.1 Å². The lowest BCUT2D eigenvalue weighted by molar-refractivity contribution is -0.175. The minimum absolute atomic E-state index is 0.0996. The average molecular weight is 275 g/mol. The van der Waals surface area contributed by atoms with E-state index in [1.54, 1.807) is 19.9 Å². The van der Waals surface area contributed by atoms with Gasteiger partial charge in [0.2, 0.25) is 0 Å². The first-order valence-corrected chi connectivity index (χ1v) is 5.30. The fourth-order valence-electron chi connectivity index (χ4n) is 1.68. The highest BCUT2D eigenvalue weighted by Gasteiger charge is 2.41. The summed E-state index contributed by atoms with van der Waals surface area (Å²) in [4.78, 5) is 21.8. The van der Waals surface area contributed by atoms with Crippen LogP contribution in [0.15, 0.2) is 18.2 Å². The second-order valence-electron chi connectivity index (χ2n) is 4.16. The molecule has 0 radical (unpaired) electrons. The third kappa shape index (κ3) is 3.97. The number of carboxylic acids is 1. The Balaban J connectivity index is 3.08. The molecule has 1 atom stereocenters. The Kier molecular flexibility index (Phi) is 4.18. The molecule has 1 aromatic rings. The van der Waals surface area contributed by atoms with Crippen molar-refractivity contribution in [3.05, 3.63) is 34.9 Å². The molecular weight excluding hydrogens is 263 g/mol. The van der Waals surface area contributed by atoms with Crippen LogP contribution in [-0.2, 0) is 9.59 Å². The molecule has 0 heterocycles. The lowest BCUT2D eigenvalue weighted by Crippen LogP contribution is -2.41. The number of hydrogen-bond donors (Lipinski definition) is 2. The summed E-state index contributed by atoms with van der Waals surface area (Å²) in [5, 5.41) is 10.4. The van der Waals surface area contributed by atoms with Gasteiger partial charge in [0.05, 0.1) is 0 Å². The highest BCUT2D eigenvalue weighted by molar-refractivity contribution is 5.87. The minimum Gasteiger partial charge on any atom is -0.479 e. The number of carbonyl (C=O) groups excluding carboxylic acids is 1. The molecule has 0 fully saturated rings. The predicted molar refractivity (Wildman–Crippen MR) is 60.5 cm³/mol. The van der Waals surface area contributed by atoms with Crippen LogP contribution in [0.5, 0.6) is 0 Å². The van der Waals surface area contributed by atoms with Crippen LogP contribution in [0.25, 0.3) is 0 Å². The third-order valence-electron chi connectivity index (χ3n) is 2.36. The van der Waals surface area contributed by atoms with Gasteiger partial charge in [-0.25, -0.2) is 4.79 Å². The van der Waals surface area contributed by atoms with Crippen LogP contribution in [0, 0.1) is 13.8 Å². The zero-order chi connectivity index (χ0) is 14.8. The van der Waals surface area contributed by atoms with E-state index in [1.165, 1.54) is 17.4 Å². The summed E-state index contributed by atoms with van der Waals surface area (Å²) < 4.78 is 36.4. The Morgan fingerprint density at radius 3 is 2.00 bits per heavy atom. The third-order valence-corrected chi connectivity index (χ3v) is 2.36. The molecule has 0 bridgehead atoms. The van der Waals surface area contributed by atoms with Gasteiger partial charge in [0.25, 0.3) is 0 Å². The number of carboxylic acid groups (broad SMARTS) is 1. The van der Waals surface area contributed by atoms with Gasteiger partial charge < -0.3 is 10.4 Å². The summed E-state index contributed by atoms with van der Waals surface area (Å²) in [6.45, 7) is 3.36. The fourth-order valence-corrected chi connectivity index (χ4v) is 1.68. The van der Waals surface area contributed by atoms with Crippen LogP contribution in [0.4, 0.5) is 13.2 Å². The largest absolute Gasteiger partial charge is 0.479 e. The van der Waals surface area contributed by atoms with Crippen molar-refractivity contribution in [1.29, 1.82) is 0 Å². The van der Waals surface area contributed by atoms with Crippen LogP contribution in [0.1, 0.15) is 22.7 Å². The highest BCUT2D eigenvalue weighted by Crippen LogP contribution is 2.21. The van der Waals surface area contributed by atoms with Gasteiger partial charge in [-0.15, -0.1) is 0 Å². The van der Waals surface area contributed by atoms with Gasteiger partial charge in [0.1, 0.15) is 0 Å².